The molecule has 1 aromatic carbocycles. The molecule has 2 aromatic rings. The molecule has 0 spiro atoms. The molecule has 5 heteroatoms. The Hall–Kier alpha value is -1.55. The number of hydrogen-bond acceptors (Lipinski definition) is 3. The van der Waals surface area contributed by atoms with E-state index in [4.69, 9.17) is 16.3 Å². The second-order valence-corrected chi connectivity index (χ2v) is 3.14. The molecule has 0 atom stereocenters. The quantitative estimate of drug-likeness (QED) is 0.778. The van der Waals surface area contributed by atoms with E-state index >= 15 is 0 Å². The van der Waals surface area contributed by atoms with Crippen LogP contribution in [0.15, 0.2) is 23.1 Å². The Balaban J connectivity index is 2.99. The monoisotopic (exact) mass is 210 g/mol. The number of nitrogens with zero attached hydrogens (tertiary/aromatic N) is 1. The van der Waals surface area contributed by atoms with Crippen molar-refractivity contribution in [3.8, 4) is 5.75 Å². The fraction of sp³-hybridized carbons (Fsp3) is 0.111. The van der Waals surface area contributed by atoms with Crippen molar-refractivity contribution in [3.05, 3.63) is 33.7 Å². The van der Waals surface area contributed by atoms with Gasteiger partial charge in [-0.1, -0.05) is 11.6 Å². The molecule has 0 amide bonds. The first kappa shape index (κ1) is 9.02. The molecule has 0 saturated carbocycles. The average molecular weight is 211 g/mol. The maximum Gasteiger partial charge on any atom is 0.273 e. The molecule has 72 valence electrons. The number of nitrogens with one attached hydrogen (secondary N) is 1. The Bertz CT molecular complexity index is 536. The van der Waals surface area contributed by atoms with Gasteiger partial charge in [0.2, 0.25) is 0 Å². The average Bonchev–Trinajstić information content (AvgIpc) is 2.18. The SMILES string of the molecule is COc1ccc(Cl)c2c(=O)[nH]ncc12. The Morgan fingerprint density at radius 3 is 3.00 bits per heavy atom. The summed E-state index contributed by atoms with van der Waals surface area (Å²) in [5, 5.41) is 7.42. The Morgan fingerprint density at radius 2 is 2.29 bits per heavy atom. The van der Waals surface area contributed by atoms with Crippen molar-refractivity contribution in [1.82, 2.24) is 10.2 Å². The van der Waals surface area contributed by atoms with E-state index < -0.39 is 0 Å². The van der Waals surface area contributed by atoms with Crippen LogP contribution in [0, 0.1) is 0 Å². The number of rotatable bonds is 1. The molecule has 1 N–H and O–H groups in total. The summed E-state index contributed by atoms with van der Waals surface area (Å²) >= 11 is 5.89. The molecular weight excluding hydrogens is 204 g/mol. The summed E-state index contributed by atoms with van der Waals surface area (Å²) in [6.07, 6.45) is 1.52. The van der Waals surface area contributed by atoms with Crippen molar-refractivity contribution in [3.63, 3.8) is 0 Å². The molecule has 2 rings (SSSR count). The lowest BCUT2D eigenvalue weighted by Crippen LogP contribution is -2.08. The van der Waals surface area contributed by atoms with Gasteiger partial charge < -0.3 is 4.74 Å². The van der Waals surface area contributed by atoms with Gasteiger partial charge in [0.25, 0.3) is 5.56 Å². The first-order valence-electron chi connectivity index (χ1n) is 3.94. The van der Waals surface area contributed by atoms with E-state index in [1.807, 2.05) is 0 Å². The largest absolute Gasteiger partial charge is 0.496 e. The van der Waals surface area contributed by atoms with E-state index in [2.05, 4.69) is 10.2 Å². The maximum absolute atomic E-state index is 11.4. The van der Waals surface area contributed by atoms with Crippen LogP contribution in [0.5, 0.6) is 5.75 Å². The summed E-state index contributed by atoms with van der Waals surface area (Å²) in [5.41, 5.74) is -0.314. The smallest absolute Gasteiger partial charge is 0.273 e. The van der Waals surface area contributed by atoms with Gasteiger partial charge in [-0.15, -0.1) is 0 Å². The molecule has 0 aliphatic heterocycles. The van der Waals surface area contributed by atoms with Crippen molar-refractivity contribution in [2.24, 2.45) is 0 Å². The third-order valence-electron chi connectivity index (χ3n) is 1.96. The Morgan fingerprint density at radius 1 is 1.50 bits per heavy atom. The van der Waals surface area contributed by atoms with E-state index in [0.29, 0.717) is 21.5 Å². The molecule has 1 heterocycles. The van der Waals surface area contributed by atoms with Crippen molar-refractivity contribution in [2.75, 3.05) is 7.11 Å². The number of hydrogen-bond donors (Lipinski definition) is 1. The number of ether oxygens (including phenoxy) is 1. The molecule has 4 nitrogen and oxygen atoms in total. The van der Waals surface area contributed by atoms with Crippen molar-refractivity contribution >= 4 is 22.4 Å². The molecule has 0 bridgehead atoms. The van der Waals surface area contributed by atoms with Crippen LogP contribution in [-0.4, -0.2) is 17.3 Å². The summed E-state index contributed by atoms with van der Waals surface area (Å²) in [5.74, 6) is 0.586. The van der Waals surface area contributed by atoms with E-state index in [-0.39, 0.29) is 5.56 Å². The zero-order valence-electron chi connectivity index (χ0n) is 7.37. The highest BCUT2D eigenvalue weighted by molar-refractivity contribution is 6.35. The van der Waals surface area contributed by atoms with Crippen LogP contribution in [0.25, 0.3) is 10.8 Å². The van der Waals surface area contributed by atoms with Crippen LogP contribution in [0.2, 0.25) is 5.02 Å². The standard InChI is InChI=1S/C9H7ClN2O2/c1-14-7-3-2-6(10)8-5(7)4-11-12-9(8)13/h2-4H,1H3,(H,12,13). The number of halogens is 1. The van der Waals surface area contributed by atoms with Crippen LogP contribution < -0.4 is 10.3 Å². The first-order valence-corrected chi connectivity index (χ1v) is 4.31. The fourth-order valence-electron chi connectivity index (χ4n) is 1.32. The summed E-state index contributed by atoms with van der Waals surface area (Å²) in [7, 11) is 1.53. The minimum atomic E-state index is -0.314. The van der Waals surface area contributed by atoms with Gasteiger partial charge in [-0.25, -0.2) is 5.10 Å². The zero-order chi connectivity index (χ0) is 10.1. The second kappa shape index (κ2) is 3.31. The van der Waals surface area contributed by atoms with E-state index in [1.165, 1.54) is 13.3 Å². The third kappa shape index (κ3) is 1.24. The lowest BCUT2D eigenvalue weighted by atomic mass is 10.2. The highest BCUT2D eigenvalue weighted by Gasteiger charge is 2.08. The van der Waals surface area contributed by atoms with E-state index in [9.17, 15) is 4.79 Å². The van der Waals surface area contributed by atoms with Crippen LogP contribution >= 0.6 is 11.6 Å². The van der Waals surface area contributed by atoms with Gasteiger partial charge in [0.1, 0.15) is 5.75 Å². The Kier molecular flexibility index (Phi) is 2.13. The highest BCUT2D eigenvalue weighted by atomic mass is 35.5. The van der Waals surface area contributed by atoms with Crippen molar-refractivity contribution < 1.29 is 4.74 Å². The minimum absolute atomic E-state index is 0.314. The molecule has 1 aromatic heterocycles. The summed E-state index contributed by atoms with van der Waals surface area (Å²) < 4.78 is 5.09. The second-order valence-electron chi connectivity index (χ2n) is 2.74. The van der Waals surface area contributed by atoms with Crippen molar-refractivity contribution in [1.29, 1.82) is 0 Å². The number of aromatic nitrogens is 2. The summed E-state index contributed by atoms with van der Waals surface area (Å²) in [6, 6.07) is 3.32. The van der Waals surface area contributed by atoms with E-state index in [1.54, 1.807) is 12.1 Å². The Labute approximate surface area is 84.5 Å². The molecule has 0 aliphatic rings. The van der Waals surface area contributed by atoms with Crippen molar-refractivity contribution in [2.45, 2.75) is 0 Å². The predicted molar refractivity (Wildman–Crippen MR) is 53.9 cm³/mol. The number of H-pyrrole nitrogens is 1. The lowest BCUT2D eigenvalue weighted by Gasteiger charge is -2.04. The number of methoxy groups -OCH3 is 1. The van der Waals surface area contributed by atoms with Gasteiger partial charge in [0.05, 0.1) is 29.1 Å². The summed E-state index contributed by atoms with van der Waals surface area (Å²) in [4.78, 5) is 11.4. The minimum Gasteiger partial charge on any atom is -0.496 e. The molecule has 0 radical (unpaired) electrons. The topological polar surface area (TPSA) is 55.0 Å². The molecule has 0 fully saturated rings. The third-order valence-corrected chi connectivity index (χ3v) is 2.28. The molecule has 0 saturated heterocycles. The first-order chi connectivity index (χ1) is 6.74. The highest BCUT2D eigenvalue weighted by Crippen LogP contribution is 2.27. The molecular formula is C9H7ClN2O2. The summed E-state index contributed by atoms with van der Waals surface area (Å²) in [6.45, 7) is 0. The van der Waals surface area contributed by atoms with E-state index in [0.717, 1.165) is 0 Å². The van der Waals surface area contributed by atoms with Gasteiger partial charge in [-0.3, -0.25) is 4.79 Å². The molecule has 0 aliphatic carbocycles. The molecule has 14 heavy (non-hydrogen) atoms. The maximum atomic E-state index is 11.4. The van der Waals surface area contributed by atoms with Crippen LogP contribution in [0.3, 0.4) is 0 Å². The van der Waals surface area contributed by atoms with Gasteiger partial charge in [0.15, 0.2) is 0 Å². The zero-order valence-corrected chi connectivity index (χ0v) is 8.13. The van der Waals surface area contributed by atoms with Gasteiger partial charge in [0, 0.05) is 0 Å². The van der Waals surface area contributed by atoms with Crippen LogP contribution in [0.1, 0.15) is 0 Å². The van der Waals surface area contributed by atoms with Crippen LogP contribution in [-0.2, 0) is 0 Å². The fourth-order valence-corrected chi connectivity index (χ4v) is 1.57. The number of aromatic amines is 1. The normalized spacial score (nSPS) is 10.4. The predicted octanol–water partition coefficient (Wildman–Crippen LogP) is 1.59. The van der Waals surface area contributed by atoms with Gasteiger partial charge in [-0.2, -0.15) is 5.10 Å². The van der Waals surface area contributed by atoms with Gasteiger partial charge >= 0.3 is 0 Å². The molecule has 0 unspecified atom stereocenters. The number of benzene rings is 1. The van der Waals surface area contributed by atoms with Crippen LogP contribution in [0.4, 0.5) is 0 Å². The number of fused-ring (bicyclic) bond motifs is 1. The lowest BCUT2D eigenvalue weighted by molar-refractivity contribution is 0.419. The van der Waals surface area contributed by atoms with Gasteiger partial charge in [-0.05, 0) is 12.1 Å².